The summed E-state index contributed by atoms with van der Waals surface area (Å²) < 4.78 is 46.7. The molecule has 176 valence electrons. The molecule has 0 fully saturated rings. The number of ether oxygens (including phenoxy) is 1. The molecule has 2 aromatic heterocycles. The molecule has 0 saturated carbocycles. The number of halogens is 5. The molecule has 1 N–H and O–H groups in total. The summed E-state index contributed by atoms with van der Waals surface area (Å²) in [5.74, 6) is -0.152. The Balaban J connectivity index is 1.33. The van der Waals surface area contributed by atoms with E-state index in [4.69, 9.17) is 27.9 Å². The number of nitrogens with zero attached hydrogens (tertiary/aromatic N) is 4. The highest BCUT2D eigenvalue weighted by atomic mass is 35.5. The van der Waals surface area contributed by atoms with Gasteiger partial charge in [0.1, 0.15) is 5.75 Å². The second-order valence-corrected chi connectivity index (χ2v) is 7.96. The molecule has 0 aliphatic rings. The summed E-state index contributed by atoms with van der Waals surface area (Å²) in [6.07, 6.45) is -1.30. The maximum atomic E-state index is 12.8. The van der Waals surface area contributed by atoms with Crippen LogP contribution in [-0.4, -0.2) is 25.5 Å². The lowest BCUT2D eigenvalue weighted by molar-refractivity contribution is -0.137. The fourth-order valence-corrected chi connectivity index (χ4v) is 3.30. The molecule has 7 nitrogen and oxygen atoms in total. The summed E-state index contributed by atoms with van der Waals surface area (Å²) in [5.41, 5.74) is 0.158. The molecule has 4 aromatic rings. The van der Waals surface area contributed by atoms with Crippen LogP contribution in [0.4, 0.5) is 19.0 Å². The fraction of sp³-hybridized carbons (Fsp3) is 0.136. The van der Waals surface area contributed by atoms with Gasteiger partial charge >= 0.3 is 6.18 Å². The minimum absolute atomic E-state index is 0.0313. The van der Waals surface area contributed by atoms with Crippen molar-refractivity contribution in [2.24, 2.45) is 0 Å². The molecule has 2 aromatic carbocycles. The topological polar surface area (TPSA) is 74.0 Å². The third-order valence-electron chi connectivity index (χ3n) is 4.61. The van der Waals surface area contributed by atoms with Gasteiger partial charge in [0.15, 0.2) is 18.2 Å². The van der Waals surface area contributed by atoms with Crippen molar-refractivity contribution in [1.29, 1.82) is 0 Å². The van der Waals surface area contributed by atoms with Crippen molar-refractivity contribution in [2.45, 2.75) is 19.5 Å². The van der Waals surface area contributed by atoms with Gasteiger partial charge in [0.05, 0.1) is 22.2 Å². The SMILES string of the molecule is O=C(Nc1ccn(Cc2ccc(Cl)c(Cl)c2)n1)c1ccn(COc2cccc(C(F)(F)F)c2)n1. The number of anilines is 1. The zero-order valence-corrected chi connectivity index (χ0v) is 18.8. The van der Waals surface area contributed by atoms with E-state index < -0.39 is 17.6 Å². The number of carbonyl (C=O) groups excluding carboxylic acids is 1. The zero-order chi connectivity index (χ0) is 24.3. The van der Waals surface area contributed by atoms with Crippen LogP contribution in [0.15, 0.2) is 67.0 Å². The van der Waals surface area contributed by atoms with E-state index in [1.165, 1.54) is 29.1 Å². The van der Waals surface area contributed by atoms with Crippen LogP contribution in [-0.2, 0) is 19.5 Å². The number of rotatable bonds is 7. The molecule has 0 aliphatic heterocycles. The molecular formula is C22H16Cl2F3N5O2. The van der Waals surface area contributed by atoms with Crippen molar-refractivity contribution in [1.82, 2.24) is 19.6 Å². The first kappa shape index (κ1) is 23.7. The molecule has 0 bridgehead atoms. The zero-order valence-electron chi connectivity index (χ0n) is 17.3. The predicted octanol–water partition coefficient (Wildman–Crippen LogP) is 5.74. The Hall–Kier alpha value is -3.50. The molecule has 0 aliphatic carbocycles. The molecule has 2 heterocycles. The summed E-state index contributed by atoms with van der Waals surface area (Å²) >= 11 is 11.9. The molecule has 0 radical (unpaired) electrons. The summed E-state index contributed by atoms with van der Waals surface area (Å²) in [5, 5.41) is 11.9. The van der Waals surface area contributed by atoms with Crippen LogP contribution in [0.5, 0.6) is 5.75 Å². The minimum atomic E-state index is -4.47. The van der Waals surface area contributed by atoms with E-state index in [0.29, 0.717) is 22.4 Å². The quantitative estimate of drug-likeness (QED) is 0.344. The number of nitrogens with one attached hydrogen (secondary N) is 1. The summed E-state index contributed by atoms with van der Waals surface area (Å²) in [4.78, 5) is 12.5. The lowest BCUT2D eigenvalue weighted by atomic mass is 10.2. The maximum Gasteiger partial charge on any atom is 0.416 e. The van der Waals surface area contributed by atoms with Gasteiger partial charge in [0, 0.05) is 18.5 Å². The highest BCUT2D eigenvalue weighted by molar-refractivity contribution is 6.42. The van der Waals surface area contributed by atoms with Crippen molar-refractivity contribution in [3.8, 4) is 5.75 Å². The first-order chi connectivity index (χ1) is 16.2. The largest absolute Gasteiger partial charge is 0.471 e. The molecule has 1 amide bonds. The normalized spacial score (nSPS) is 11.4. The van der Waals surface area contributed by atoms with Crippen LogP contribution < -0.4 is 10.1 Å². The highest BCUT2D eigenvalue weighted by Gasteiger charge is 2.30. The number of amides is 1. The lowest BCUT2D eigenvalue weighted by Crippen LogP contribution is -2.15. The van der Waals surface area contributed by atoms with Gasteiger partial charge in [-0.1, -0.05) is 35.3 Å². The van der Waals surface area contributed by atoms with Gasteiger partial charge < -0.3 is 10.1 Å². The van der Waals surface area contributed by atoms with Gasteiger partial charge in [-0.05, 0) is 42.0 Å². The van der Waals surface area contributed by atoms with Crippen LogP contribution in [0.3, 0.4) is 0 Å². The van der Waals surface area contributed by atoms with Crippen molar-refractivity contribution in [3.05, 3.63) is 93.9 Å². The average Bonchev–Trinajstić information content (AvgIpc) is 3.44. The molecule has 0 unspecified atom stereocenters. The number of carbonyl (C=O) groups is 1. The van der Waals surface area contributed by atoms with E-state index in [0.717, 1.165) is 17.7 Å². The third-order valence-corrected chi connectivity index (χ3v) is 5.35. The van der Waals surface area contributed by atoms with Crippen molar-refractivity contribution >= 4 is 34.9 Å². The highest BCUT2D eigenvalue weighted by Crippen LogP contribution is 2.31. The first-order valence-electron chi connectivity index (χ1n) is 9.79. The van der Waals surface area contributed by atoms with Gasteiger partial charge in [-0.25, -0.2) is 4.68 Å². The van der Waals surface area contributed by atoms with Gasteiger partial charge in [-0.3, -0.25) is 9.48 Å². The van der Waals surface area contributed by atoms with Crippen molar-refractivity contribution < 1.29 is 22.7 Å². The van der Waals surface area contributed by atoms with E-state index in [2.05, 4.69) is 15.5 Å². The van der Waals surface area contributed by atoms with E-state index in [9.17, 15) is 18.0 Å². The minimum Gasteiger partial charge on any atom is -0.471 e. The van der Waals surface area contributed by atoms with E-state index in [1.807, 2.05) is 6.07 Å². The molecule has 0 saturated heterocycles. The smallest absolute Gasteiger partial charge is 0.416 e. The van der Waals surface area contributed by atoms with Gasteiger partial charge in [-0.2, -0.15) is 23.4 Å². The predicted molar refractivity (Wildman–Crippen MR) is 120 cm³/mol. The van der Waals surface area contributed by atoms with E-state index in [-0.39, 0.29) is 18.2 Å². The van der Waals surface area contributed by atoms with E-state index >= 15 is 0 Å². The Morgan fingerprint density at radius 3 is 2.53 bits per heavy atom. The number of aromatic nitrogens is 4. The fourth-order valence-electron chi connectivity index (χ4n) is 2.98. The average molecular weight is 510 g/mol. The Labute approximate surface area is 201 Å². The standard InChI is InChI=1S/C22H16Cl2F3N5O2/c23-17-5-4-14(10-18(17)24)12-31-9-7-20(30-31)28-21(33)19-6-8-32(29-19)13-34-16-3-1-2-15(11-16)22(25,26)27/h1-11H,12-13H2,(H,28,30,33). The van der Waals surface area contributed by atoms with Gasteiger partial charge in [0.25, 0.3) is 5.91 Å². The third kappa shape index (κ3) is 5.89. The Bertz CT molecular complexity index is 1320. The molecule has 4 rings (SSSR count). The maximum absolute atomic E-state index is 12.8. The number of alkyl halides is 3. The van der Waals surface area contributed by atoms with Gasteiger partial charge in [0.2, 0.25) is 0 Å². The molecule has 0 atom stereocenters. The van der Waals surface area contributed by atoms with Crippen molar-refractivity contribution in [2.75, 3.05) is 5.32 Å². The van der Waals surface area contributed by atoms with Crippen LogP contribution in [0.25, 0.3) is 0 Å². The van der Waals surface area contributed by atoms with Crippen LogP contribution in [0, 0.1) is 0 Å². The number of benzene rings is 2. The Morgan fingerprint density at radius 1 is 0.971 bits per heavy atom. The number of hydrogen-bond acceptors (Lipinski definition) is 4. The summed E-state index contributed by atoms with van der Waals surface area (Å²) in [7, 11) is 0. The molecular weight excluding hydrogens is 494 g/mol. The molecule has 34 heavy (non-hydrogen) atoms. The second-order valence-electron chi connectivity index (χ2n) is 7.14. The lowest BCUT2D eigenvalue weighted by Gasteiger charge is -2.10. The summed E-state index contributed by atoms with van der Waals surface area (Å²) in [6, 6.07) is 12.8. The van der Waals surface area contributed by atoms with Crippen LogP contribution >= 0.6 is 23.2 Å². The van der Waals surface area contributed by atoms with Crippen LogP contribution in [0.2, 0.25) is 10.0 Å². The van der Waals surface area contributed by atoms with E-state index in [1.54, 1.807) is 29.1 Å². The van der Waals surface area contributed by atoms with Gasteiger partial charge in [-0.15, -0.1) is 0 Å². The number of hydrogen-bond donors (Lipinski definition) is 1. The Kier molecular flexibility index (Phi) is 6.80. The van der Waals surface area contributed by atoms with Crippen molar-refractivity contribution in [3.63, 3.8) is 0 Å². The summed E-state index contributed by atoms with van der Waals surface area (Å²) in [6.45, 7) is 0.251. The molecule has 12 heteroatoms. The monoisotopic (exact) mass is 509 g/mol. The first-order valence-corrected chi connectivity index (χ1v) is 10.6. The Morgan fingerprint density at radius 2 is 1.76 bits per heavy atom. The van der Waals surface area contributed by atoms with Crippen LogP contribution in [0.1, 0.15) is 21.6 Å². The second kappa shape index (κ2) is 9.78. The molecule has 0 spiro atoms.